The Balaban J connectivity index is 2.48. The minimum absolute atomic E-state index is 0.245. The maximum atomic E-state index is 11.7. The molecule has 0 fully saturated rings. The van der Waals surface area contributed by atoms with Crippen molar-refractivity contribution in [3.05, 3.63) is 46.1 Å². The quantitative estimate of drug-likeness (QED) is 0.788. The topological polar surface area (TPSA) is 104 Å². The second-order valence-electron chi connectivity index (χ2n) is 4.55. The highest BCUT2D eigenvalue weighted by Crippen LogP contribution is 2.29. The number of nitrogens with two attached hydrogens (primary N) is 2. The molecule has 0 saturated heterocycles. The molecule has 0 radical (unpaired) electrons. The van der Waals surface area contributed by atoms with Crippen molar-refractivity contribution in [1.82, 2.24) is 5.16 Å². The van der Waals surface area contributed by atoms with Gasteiger partial charge in [-0.3, -0.25) is 0 Å². The Kier molecular flexibility index (Phi) is 3.65. The van der Waals surface area contributed by atoms with Crippen LogP contribution in [0.5, 0.6) is 0 Å². The molecule has 0 saturated carbocycles. The molecular formula is C14H17N3O3. The van der Waals surface area contributed by atoms with Gasteiger partial charge in [0.15, 0.2) is 0 Å². The van der Waals surface area contributed by atoms with Gasteiger partial charge in [-0.15, -0.1) is 0 Å². The predicted octanol–water partition coefficient (Wildman–Crippen LogP) is 1.31. The van der Waals surface area contributed by atoms with E-state index in [1.54, 1.807) is 6.08 Å². The average Bonchev–Trinajstić information content (AvgIpc) is 2.68. The lowest BCUT2D eigenvalue weighted by molar-refractivity contribution is -0.136. The third kappa shape index (κ3) is 2.32. The smallest absolute Gasteiger partial charge is 0.336 e. The number of aromatic nitrogens is 1. The van der Waals surface area contributed by atoms with Crippen molar-refractivity contribution in [2.45, 2.75) is 20.3 Å². The Morgan fingerprint density at radius 1 is 1.40 bits per heavy atom. The lowest BCUT2D eigenvalue weighted by Crippen LogP contribution is -2.16. The van der Waals surface area contributed by atoms with Crippen LogP contribution < -0.4 is 11.5 Å². The first-order chi connectivity index (χ1) is 9.45. The van der Waals surface area contributed by atoms with Gasteiger partial charge in [0.25, 0.3) is 0 Å². The molecule has 0 aliphatic heterocycles. The molecule has 6 heteroatoms. The number of rotatable bonds is 2. The fraction of sp³-hybridized carbons (Fsp3) is 0.286. The number of hydrogen-bond acceptors (Lipinski definition) is 6. The number of allylic oxidation sites excluding steroid dienone is 3. The number of nitrogens with zero attached hydrogens (tertiary/aromatic N) is 1. The number of carbonyl (C=O) groups excluding carboxylic acids is 1. The number of carbonyl (C=O) groups is 1. The van der Waals surface area contributed by atoms with Gasteiger partial charge < -0.3 is 20.7 Å². The van der Waals surface area contributed by atoms with E-state index in [1.807, 2.05) is 19.9 Å². The molecule has 1 aromatic heterocycles. The summed E-state index contributed by atoms with van der Waals surface area (Å²) < 4.78 is 9.87. The Hall–Kier alpha value is -2.50. The van der Waals surface area contributed by atoms with Crippen molar-refractivity contribution in [1.29, 1.82) is 0 Å². The van der Waals surface area contributed by atoms with E-state index in [-0.39, 0.29) is 5.70 Å². The van der Waals surface area contributed by atoms with E-state index in [1.165, 1.54) is 7.11 Å². The predicted molar refractivity (Wildman–Crippen MR) is 74.1 cm³/mol. The van der Waals surface area contributed by atoms with Gasteiger partial charge in [-0.1, -0.05) is 11.2 Å². The molecule has 0 spiro atoms. The molecule has 1 aromatic rings. The zero-order chi connectivity index (χ0) is 14.9. The summed E-state index contributed by atoms with van der Waals surface area (Å²) in [5.41, 5.74) is 15.2. The lowest BCUT2D eigenvalue weighted by atomic mass is 10.0. The Labute approximate surface area is 116 Å². The summed E-state index contributed by atoms with van der Waals surface area (Å²) in [5.74, 6) is 0.216. The Morgan fingerprint density at radius 2 is 2.10 bits per heavy atom. The zero-order valence-electron chi connectivity index (χ0n) is 11.7. The Bertz CT molecular complexity index is 631. The molecule has 0 atom stereocenters. The molecule has 0 unspecified atom stereocenters. The van der Waals surface area contributed by atoms with Crippen LogP contribution in [0.2, 0.25) is 0 Å². The molecule has 0 bridgehead atoms. The maximum absolute atomic E-state index is 11.7. The number of ether oxygens (including phenoxy) is 1. The fourth-order valence-corrected chi connectivity index (χ4v) is 2.19. The largest absolute Gasteiger partial charge is 0.466 e. The van der Waals surface area contributed by atoms with Gasteiger partial charge in [0, 0.05) is 12.0 Å². The van der Waals surface area contributed by atoms with Crippen molar-refractivity contribution in [3.63, 3.8) is 0 Å². The highest BCUT2D eigenvalue weighted by atomic mass is 16.5. The summed E-state index contributed by atoms with van der Waals surface area (Å²) >= 11 is 0. The van der Waals surface area contributed by atoms with Crippen LogP contribution in [0.15, 0.2) is 33.6 Å². The minimum atomic E-state index is -0.477. The van der Waals surface area contributed by atoms with Crippen molar-refractivity contribution < 1.29 is 14.1 Å². The highest BCUT2D eigenvalue weighted by molar-refractivity contribution is 5.92. The third-order valence-corrected chi connectivity index (χ3v) is 3.23. The van der Waals surface area contributed by atoms with Gasteiger partial charge in [0.1, 0.15) is 5.76 Å². The van der Waals surface area contributed by atoms with Crippen LogP contribution >= 0.6 is 0 Å². The molecule has 20 heavy (non-hydrogen) atoms. The summed E-state index contributed by atoms with van der Waals surface area (Å²) in [4.78, 5) is 11.7. The molecular weight excluding hydrogens is 258 g/mol. The normalized spacial score (nSPS) is 15.6. The molecule has 1 aliphatic carbocycles. The average molecular weight is 275 g/mol. The van der Waals surface area contributed by atoms with E-state index in [4.69, 9.17) is 20.7 Å². The lowest BCUT2D eigenvalue weighted by Gasteiger charge is -2.06. The van der Waals surface area contributed by atoms with Crippen LogP contribution in [0.4, 0.5) is 0 Å². The summed E-state index contributed by atoms with van der Waals surface area (Å²) in [6, 6.07) is 0. The van der Waals surface area contributed by atoms with Crippen molar-refractivity contribution in [2.24, 2.45) is 11.5 Å². The van der Waals surface area contributed by atoms with Crippen LogP contribution in [-0.2, 0) is 9.53 Å². The van der Waals surface area contributed by atoms with Crippen LogP contribution in [0.1, 0.15) is 23.4 Å². The van der Waals surface area contributed by atoms with Crippen LogP contribution in [-0.4, -0.2) is 18.2 Å². The molecule has 6 nitrogen and oxygen atoms in total. The number of esters is 1. The number of hydrogen-bond donors (Lipinski definition) is 2. The molecule has 4 N–H and O–H groups in total. The van der Waals surface area contributed by atoms with Gasteiger partial charge in [-0.2, -0.15) is 0 Å². The summed E-state index contributed by atoms with van der Waals surface area (Å²) in [6.45, 7) is 3.67. The van der Waals surface area contributed by atoms with Crippen LogP contribution in [0, 0.1) is 13.8 Å². The fourth-order valence-electron chi connectivity index (χ4n) is 2.19. The molecule has 0 amide bonds. The van der Waals surface area contributed by atoms with Crippen LogP contribution in [0.25, 0.3) is 5.57 Å². The van der Waals surface area contributed by atoms with E-state index in [2.05, 4.69) is 5.16 Å². The minimum Gasteiger partial charge on any atom is -0.466 e. The van der Waals surface area contributed by atoms with Gasteiger partial charge in [-0.05, 0) is 25.5 Å². The van der Waals surface area contributed by atoms with E-state index < -0.39 is 5.97 Å². The monoisotopic (exact) mass is 275 g/mol. The van der Waals surface area contributed by atoms with Crippen molar-refractivity contribution in [2.75, 3.05) is 7.11 Å². The molecule has 0 aromatic carbocycles. The first-order valence-electron chi connectivity index (χ1n) is 6.13. The van der Waals surface area contributed by atoms with Gasteiger partial charge in [0.05, 0.1) is 29.8 Å². The summed E-state index contributed by atoms with van der Waals surface area (Å²) in [7, 11) is 1.31. The maximum Gasteiger partial charge on any atom is 0.336 e. The van der Waals surface area contributed by atoms with E-state index in [0.29, 0.717) is 23.5 Å². The molecule has 106 valence electrons. The first-order valence-corrected chi connectivity index (χ1v) is 6.13. The summed E-state index contributed by atoms with van der Waals surface area (Å²) in [5, 5.41) is 3.91. The van der Waals surface area contributed by atoms with E-state index in [9.17, 15) is 4.79 Å². The second kappa shape index (κ2) is 5.24. The molecule has 1 heterocycles. The zero-order valence-corrected chi connectivity index (χ0v) is 11.7. The third-order valence-electron chi connectivity index (χ3n) is 3.23. The van der Waals surface area contributed by atoms with Gasteiger partial charge >= 0.3 is 5.97 Å². The first kappa shape index (κ1) is 13.9. The highest BCUT2D eigenvalue weighted by Gasteiger charge is 2.20. The van der Waals surface area contributed by atoms with Gasteiger partial charge in [0.2, 0.25) is 0 Å². The van der Waals surface area contributed by atoms with Crippen molar-refractivity contribution in [3.8, 4) is 0 Å². The van der Waals surface area contributed by atoms with Crippen LogP contribution in [0.3, 0.4) is 0 Å². The van der Waals surface area contributed by atoms with Gasteiger partial charge in [-0.25, -0.2) is 4.79 Å². The van der Waals surface area contributed by atoms with E-state index >= 15 is 0 Å². The van der Waals surface area contributed by atoms with Crippen molar-refractivity contribution >= 4 is 11.5 Å². The molecule has 2 rings (SSSR count). The number of aryl methyl sites for hydroxylation is 2. The number of methoxy groups -OCH3 is 1. The van der Waals surface area contributed by atoms with E-state index in [0.717, 1.165) is 16.8 Å². The Morgan fingerprint density at radius 3 is 2.65 bits per heavy atom. The second-order valence-corrected chi connectivity index (χ2v) is 4.55. The standard InChI is InChI=1S/C14H17N3O3/c1-7-12(8(2)20-17-7)9-4-5-10(14(18)19-3)13(16)11(15)6-9/h4,6H,5,15-16H2,1-3H3. The molecule has 1 aliphatic rings. The SMILES string of the molecule is COC(=O)C1=C(N)C(N)=CC(c2c(C)noc2C)=CC1. The summed E-state index contributed by atoms with van der Waals surface area (Å²) in [6.07, 6.45) is 3.93.